The molecule has 0 aromatic heterocycles. The highest BCUT2D eigenvalue weighted by molar-refractivity contribution is 7.99. The van der Waals surface area contributed by atoms with Crippen LogP contribution in [0.1, 0.15) is 36.5 Å². The molecule has 0 bridgehead atoms. The average Bonchev–Trinajstić information content (AvgIpc) is 3.17. The number of carbonyl (C=O) groups is 2. The van der Waals surface area contributed by atoms with Crippen LogP contribution in [0.4, 0.5) is 4.79 Å². The number of nitrogens with zero attached hydrogens (tertiary/aromatic N) is 1. The van der Waals surface area contributed by atoms with Gasteiger partial charge in [0, 0.05) is 24.8 Å². The number of thioether (sulfide) groups is 1. The maximum Gasteiger partial charge on any atom is 0.325 e. The predicted octanol–water partition coefficient (Wildman–Crippen LogP) is 2.89. The van der Waals surface area contributed by atoms with Crippen LogP contribution in [0.25, 0.3) is 0 Å². The second-order valence-corrected chi connectivity index (χ2v) is 8.44. The van der Waals surface area contributed by atoms with Crippen molar-refractivity contribution in [2.75, 3.05) is 24.7 Å². The summed E-state index contributed by atoms with van der Waals surface area (Å²) < 4.78 is 6.04. The summed E-state index contributed by atoms with van der Waals surface area (Å²) in [6.07, 6.45) is 2.63. The van der Waals surface area contributed by atoms with Gasteiger partial charge in [-0.25, -0.2) is 4.79 Å². The van der Waals surface area contributed by atoms with Gasteiger partial charge in [-0.3, -0.25) is 9.69 Å². The number of amides is 3. The fourth-order valence-corrected chi connectivity index (χ4v) is 5.39. The summed E-state index contributed by atoms with van der Waals surface area (Å²) in [6, 6.07) is 8.13. The molecule has 0 saturated carbocycles. The number of hydrogen-bond donors (Lipinski definition) is 1. The molecule has 3 fully saturated rings. The van der Waals surface area contributed by atoms with Crippen molar-refractivity contribution >= 4 is 23.7 Å². The van der Waals surface area contributed by atoms with E-state index in [1.165, 1.54) is 10.5 Å². The third kappa shape index (κ3) is 3.06. The van der Waals surface area contributed by atoms with Crippen LogP contribution >= 0.6 is 11.8 Å². The molecule has 3 heterocycles. The van der Waals surface area contributed by atoms with Crippen LogP contribution in [0.3, 0.4) is 0 Å². The van der Waals surface area contributed by atoms with Gasteiger partial charge in [-0.15, -0.1) is 0 Å². The highest BCUT2D eigenvalue weighted by Gasteiger charge is 2.53. The van der Waals surface area contributed by atoms with Gasteiger partial charge in [0.25, 0.3) is 5.91 Å². The average molecular weight is 360 g/mol. The summed E-state index contributed by atoms with van der Waals surface area (Å²) in [6.45, 7) is 3.24. The van der Waals surface area contributed by atoms with E-state index in [0.717, 1.165) is 37.2 Å². The van der Waals surface area contributed by atoms with Crippen molar-refractivity contribution in [3.63, 3.8) is 0 Å². The first-order valence-corrected chi connectivity index (χ1v) is 10.1. The van der Waals surface area contributed by atoms with Crippen molar-refractivity contribution in [3.8, 4) is 0 Å². The Labute approximate surface area is 152 Å². The minimum absolute atomic E-state index is 0.0456. The topological polar surface area (TPSA) is 58.6 Å². The summed E-state index contributed by atoms with van der Waals surface area (Å²) in [5, 5.41) is 2.96. The molecule has 25 heavy (non-hydrogen) atoms. The molecule has 3 saturated heterocycles. The van der Waals surface area contributed by atoms with Gasteiger partial charge in [0.15, 0.2) is 0 Å². The van der Waals surface area contributed by atoms with E-state index in [-0.39, 0.29) is 24.0 Å². The second-order valence-electron chi connectivity index (χ2n) is 7.33. The van der Waals surface area contributed by atoms with E-state index < -0.39 is 5.54 Å². The van der Waals surface area contributed by atoms with Crippen molar-refractivity contribution in [3.05, 3.63) is 35.4 Å². The normalized spacial score (nSPS) is 32.4. The first-order chi connectivity index (χ1) is 12.1. The monoisotopic (exact) mass is 360 g/mol. The Balaban J connectivity index is 1.52. The number of hydrogen-bond acceptors (Lipinski definition) is 4. The van der Waals surface area contributed by atoms with E-state index in [2.05, 4.69) is 36.5 Å². The third-order valence-electron chi connectivity index (χ3n) is 5.54. The van der Waals surface area contributed by atoms with E-state index in [1.54, 1.807) is 11.8 Å². The molecule has 0 radical (unpaired) electrons. The van der Waals surface area contributed by atoms with Crippen LogP contribution in [0.2, 0.25) is 0 Å². The molecular weight excluding hydrogens is 336 g/mol. The Morgan fingerprint density at radius 3 is 2.84 bits per heavy atom. The molecule has 0 aliphatic carbocycles. The lowest BCUT2D eigenvalue weighted by molar-refractivity contribution is -0.132. The van der Waals surface area contributed by atoms with E-state index >= 15 is 0 Å². The van der Waals surface area contributed by atoms with E-state index in [0.29, 0.717) is 12.3 Å². The molecule has 4 rings (SSSR count). The van der Waals surface area contributed by atoms with Gasteiger partial charge in [0.2, 0.25) is 0 Å². The number of ether oxygens (including phenoxy) is 1. The Kier molecular flexibility index (Phi) is 4.50. The summed E-state index contributed by atoms with van der Waals surface area (Å²) in [5.41, 5.74) is 1.69. The first-order valence-electron chi connectivity index (χ1n) is 8.99. The number of nitrogens with one attached hydrogen (secondary N) is 1. The number of carbonyl (C=O) groups excluding carboxylic acids is 2. The Hall–Kier alpha value is -1.53. The summed E-state index contributed by atoms with van der Waals surface area (Å²) in [4.78, 5) is 26.8. The van der Waals surface area contributed by atoms with E-state index in [1.807, 2.05) is 0 Å². The number of rotatable bonds is 3. The number of benzene rings is 1. The van der Waals surface area contributed by atoms with Crippen LogP contribution in [0.5, 0.6) is 0 Å². The number of aryl methyl sites for hydroxylation is 1. The highest BCUT2D eigenvalue weighted by atomic mass is 32.2. The Morgan fingerprint density at radius 2 is 2.12 bits per heavy atom. The Bertz CT molecular complexity index is 670. The zero-order chi connectivity index (χ0) is 17.4. The smallest absolute Gasteiger partial charge is 0.325 e. The molecule has 0 unspecified atom stereocenters. The van der Waals surface area contributed by atoms with Gasteiger partial charge in [0.05, 0.1) is 6.10 Å². The minimum atomic E-state index is -0.656. The molecule has 3 aliphatic rings. The standard InChI is InChI=1S/C19H24N2O3S/c1-13-4-6-14(7-5-13)16-15(3-2-9-24-16)11-21-17(22)19(20-18(21)23)8-10-25-12-19/h4-7,15-16H,2-3,8-12H2,1H3,(H,20,23)/t15-,16-,19-/m0/s1. The van der Waals surface area contributed by atoms with Crippen LogP contribution in [0, 0.1) is 12.8 Å². The van der Waals surface area contributed by atoms with Crippen molar-refractivity contribution in [2.24, 2.45) is 5.92 Å². The fourth-order valence-electron chi connectivity index (χ4n) is 4.06. The maximum absolute atomic E-state index is 12.9. The van der Waals surface area contributed by atoms with Gasteiger partial charge in [0.1, 0.15) is 5.54 Å². The quantitative estimate of drug-likeness (QED) is 0.842. The molecule has 1 spiro atoms. The van der Waals surface area contributed by atoms with Gasteiger partial charge in [-0.2, -0.15) is 11.8 Å². The SMILES string of the molecule is Cc1ccc([C@@H]2OCCC[C@H]2CN2C(=O)N[C@]3(CCSC3)C2=O)cc1. The van der Waals surface area contributed by atoms with Crippen LogP contribution in [0.15, 0.2) is 24.3 Å². The molecule has 1 aromatic carbocycles. The molecule has 3 amide bonds. The molecule has 1 N–H and O–H groups in total. The predicted molar refractivity (Wildman–Crippen MR) is 97.5 cm³/mol. The summed E-state index contributed by atoms with van der Waals surface area (Å²) in [5.74, 6) is 1.72. The number of urea groups is 1. The zero-order valence-corrected chi connectivity index (χ0v) is 15.3. The molecule has 1 aromatic rings. The lowest BCUT2D eigenvalue weighted by atomic mass is 9.88. The third-order valence-corrected chi connectivity index (χ3v) is 6.73. The Morgan fingerprint density at radius 1 is 1.32 bits per heavy atom. The van der Waals surface area contributed by atoms with Crippen molar-refractivity contribution in [1.29, 1.82) is 0 Å². The summed E-state index contributed by atoms with van der Waals surface area (Å²) >= 11 is 1.74. The lowest BCUT2D eigenvalue weighted by Gasteiger charge is -2.34. The molecule has 3 aliphatic heterocycles. The molecular formula is C19H24N2O3S. The van der Waals surface area contributed by atoms with Crippen molar-refractivity contribution in [1.82, 2.24) is 10.2 Å². The fraction of sp³-hybridized carbons (Fsp3) is 0.579. The summed E-state index contributed by atoms with van der Waals surface area (Å²) in [7, 11) is 0. The largest absolute Gasteiger partial charge is 0.373 e. The van der Waals surface area contributed by atoms with Crippen LogP contribution < -0.4 is 5.32 Å². The molecule has 3 atom stereocenters. The number of imide groups is 1. The van der Waals surface area contributed by atoms with Crippen LogP contribution in [-0.4, -0.2) is 47.0 Å². The lowest BCUT2D eigenvalue weighted by Crippen LogP contribution is -2.47. The van der Waals surface area contributed by atoms with Crippen LogP contribution in [-0.2, 0) is 9.53 Å². The zero-order valence-electron chi connectivity index (χ0n) is 14.5. The maximum atomic E-state index is 12.9. The van der Waals surface area contributed by atoms with Gasteiger partial charge in [-0.05, 0) is 37.5 Å². The van der Waals surface area contributed by atoms with Gasteiger partial charge >= 0.3 is 6.03 Å². The van der Waals surface area contributed by atoms with Gasteiger partial charge in [-0.1, -0.05) is 29.8 Å². The van der Waals surface area contributed by atoms with Crippen molar-refractivity contribution in [2.45, 2.75) is 37.8 Å². The highest BCUT2D eigenvalue weighted by Crippen LogP contribution is 2.38. The van der Waals surface area contributed by atoms with E-state index in [4.69, 9.17) is 4.74 Å². The minimum Gasteiger partial charge on any atom is -0.373 e. The molecule has 6 heteroatoms. The van der Waals surface area contributed by atoms with Crippen molar-refractivity contribution < 1.29 is 14.3 Å². The molecule has 134 valence electrons. The van der Waals surface area contributed by atoms with Gasteiger partial charge < -0.3 is 10.1 Å². The molecule has 5 nitrogen and oxygen atoms in total. The first kappa shape index (κ1) is 16.9. The second kappa shape index (κ2) is 6.65. The van der Waals surface area contributed by atoms with E-state index in [9.17, 15) is 9.59 Å².